The summed E-state index contributed by atoms with van der Waals surface area (Å²) in [6.07, 6.45) is 1.59. The molecule has 1 saturated heterocycles. The molecule has 6 heteroatoms. The van der Waals surface area contributed by atoms with E-state index in [0.717, 1.165) is 12.8 Å². The highest BCUT2D eigenvalue weighted by Gasteiger charge is 2.20. The van der Waals surface area contributed by atoms with Gasteiger partial charge in [-0.25, -0.2) is 4.79 Å². The zero-order chi connectivity index (χ0) is 11.3. The fourth-order valence-electron chi connectivity index (χ4n) is 1.47. The molecule has 0 bridgehead atoms. The molecule has 0 unspecified atom stereocenters. The van der Waals surface area contributed by atoms with Gasteiger partial charge in [0, 0.05) is 19.1 Å². The molecule has 0 aliphatic carbocycles. The Morgan fingerprint density at radius 3 is 2.47 bits per heavy atom. The van der Waals surface area contributed by atoms with E-state index in [2.05, 4.69) is 0 Å². The molecular weight excluding hydrogens is 200 g/mol. The van der Waals surface area contributed by atoms with Gasteiger partial charge in [0.15, 0.2) is 0 Å². The minimum atomic E-state index is -1.07. The average Bonchev–Trinajstić information content (AvgIpc) is 2.18. The van der Waals surface area contributed by atoms with Crippen molar-refractivity contribution in [3.8, 4) is 0 Å². The molecule has 0 saturated carbocycles. The second-order valence-corrected chi connectivity index (χ2v) is 3.60. The molecular formula is C9H16N2O4. The molecule has 1 amide bonds. The number of hydrogen-bond donors (Lipinski definition) is 2. The van der Waals surface area contributed by atoms with Crippen molar-refractivity contribution in [3.63, 3.8) is 0 Å². The maximum atomic E-state index is 11.5. The standard InChI is InChI=1S/C9H16N2O4/c10-7-1-3-11(4-2-7)8(12)5-15-6-9(13)14/h7H,1-6,10H2,(H,13,14). The molecule has 1 aliphatic rings. The first-order chi connectivity index (χ1) is 7.09. The molecule has 15 heavy (non-hydrogen) atoms. The first kappa shape index (κ1) is 11.9. The van der Waals surface area contributed by atoms with E-state index < -0.39 is 12.6 Å². The van der Waals surface area contributed by atoms with Crippen molar-refractivity contribution in [3.05, 3.63) is 0 Å². The van der Waals surface area contributed by atoms with Gasteiger partial charge in [-0.15, -0.1) is 0 Å². The van der Waals surface area contributed by atoms with Gasteiger partial charge in [0.25, 0.3) is 0 Å². The first-order valence-electron chi connectivity index (χ1n) is 4.92. The second kappa shape index (κ2) is 5.67. The van der Waals surface area contributed by atoms with Crippen molar-refractivity contribution in [1.29, 1.82) is 0 Å². The number of ether oxygens (including phenoxy) is 1. The summed E-state index contributed by atoms with van der Waals surface area (Å²) in [6.45, 7) is 0.674. The number of hydrogen-bond acceptors (Lipinski definition) is 4. The molecule has 1 aliphatic heterocycles. The third-order valence-corrected chi connectivity index (χ3v) is 2.34. The summed E-state index contributed by atoms with van der Waals surface area (Å²) < 4.78 is 4.71. The number of carboxylic acid groups (broad SMARTS) is 1. The predicted octanol–water partition coefficient (Wildman–Crippen LogP) is -0.963. The minimum Gasteiger partial charge on any atom is -0.480 e. The highest BCUT2D eigenvalue weighted by atomic mass is 16.5. The Kier molecular flexibility index (Phi) is 4.51. The summed E-state index contributed by atoms with van der Waals surface area (Å²) in [5.74, 6) is -1.23. The molecule has 86 valence electrons. The minimum absolute atomic E-state index is 0.164. The van der Waals surface area contributed by atoms with E-state index >= 15 is 0 Å². The number of nitrogens with zero attached hydrogens (tertiary/aromatic N) is 1. The highest BCUT2D eigenvalue weighted by molar-refractivity contribution is 5.78. The van der Waals surface area contributed by atoms with E-state index in [0.29, 0.717) is 13.1 Å². The van der Waals surface area contributed by atoms with E-state index in [1.807, 2.05) is 0 Å². The Hall–Kier alpha value is -1.14. The van der Waals surface area contributed by atoms with Crippen molar-refractivity contribution < 1.29 is 19.4 Å². The Bertz CT molecular complexity index is 236. The summed E-state index contributed by atoms with van der Waals surface area (Å²) >= 11 is 0. The van der Waals surface area contributed by atoms with E-state index in [9.17, 15) is 9.59 Å². The van der Waals surface area contributed by atoms with Crippen LogP contribution >= 0.6 is 0 Å². The fourth-order valence-corrected chi connectivity index (χ4v) is 1.47. The van der Waals surface area contributed by atoms with E-state index in [4.69, 9.17) is 15.6 Å². The normalized spacial score (nSPS) is 17.8. The van der Waals surface area contributed by atoms with Gasteiger partial charge in [0.05, 0.1) is 0 Å². The molecule has 1 heterocycles. The van der Waals surface area contributed by atoms with Gasteiger partial charge in [0.2, 0.25) is 5.91 Å². The zero-order valence-electron chi connectivity index (χ0n) is 8.52. The molecule has 0 atom stereocenters. The number of aliphatic carboxylic acids is 1. The van der Waals surface area contributed by atoms with E-state index in [1.165, 1.54) is 0 Å². The zero-order valence-corrected chi connectivity index (χ0v) is 8.52. The fraction of sp³-hybridized carbons (Fsp3) is 0.778. The van der Waals surface area contributed by atoms with Crippen molar-refractivity contribution >= 4 is 11.9 Å². The van der Waals surface area contributed by atoms with Gasteiger partial charge in [0.1, 0.15) is 13.2 Å². The average molecular weight is 216 g/mol. The molecule has 0 aromatic carbocycles. The molecule has 1 fully saturated rings. The van der Waals surface area contributed by atoms with Crippen LogP contribution in [0, 0.1) is 0 Å². The molecule has 0 aromatic rings. The summed E-state index contributed by atoms with van der Waals surface area (Å²) in [7, 11) is 0. The van der Waals surface area contributed by atoms with Gasteiger partial charge < -0.3 is 20.5 Å². The summed E-state index contributed by atoms with van der Waals surface area (Å²) in [4.78, 5) is 23.2. The third-order valence-electron chi connectivity index (χ3n) is 2.34. The van der Waals surface area contributed by atoms with Gasteiger partial charge in [-0.1, -0.05) is 0 Å². The smallest absolute Gasteiger partial charge is 0.329 e. The maximum absolute atomic E-state index is 11.5. The van der Waals surface area contributed by atoms with Crippen LogP contribution in [-0.2, 0) is 14.3 Å². The second-order valence-electron chi connectivity index (χ2n) is 3.60. The molecule has 3 N–H and O–H groups in total. The monoisotopic (exact) mass is 216 g/mol. The van der Waals surface area contributed by atoms with Gasteiger partial charge in [-0.05, 0) is 12.8 Å². The van der Waals surface area contributed by atoms with Crippen molar-refractivity contribution in [1.82, 2.24) is 4.90 Å². The lowest BCUT2D eigenvalue weighted by Gasteiger charge is -2.29. The van der Waals surface area contributed by atoms with Crippen LogP contribution < -0.4 is 5.73 Å². The Morgan fingerprint density at radius 2 is 1.93 bits per heavy atom. The Balaban J connectivity index is 2.19. The lowest BCUT2D eigenvalue weighted by Crippen LogP contribution is -2.44. The van der Waals surface area contributed by atoms with Crippen molar-refractivity contribution in [2.24, 2.45) is 5.73 Å². The number of nitrogens with two attached hydrogens (primary N) is 1. The van der Waals surface area contributed by atoms with Crippen molar-refractivity contribution in [2.75, 3.05) is 26.3 Å². The number of carboxylic acids is 1. The van der Waals surface area contributed by atoms with Gasteiger partial charge in [-0.2, -0.15) is 0 Å². The van der Waals surface area contributed by atoms with E-state index in [-0.39, 0.29) is 18.6 Å². The summed E-state index contributed by atoms with van der Waals surface area (Å²) in [6, 6.07) is 0.175. The van der Waals surface area contributed by atoms with Crippen LogP contribution in [0.5, 0.6) is 0 Å². The highest BCUT2D eigenvalue weighted by Crippen LogP contribution is 2.08. The number of carbonyl (C=O) groups is 2. The first-order valence-corrected chi connectivity index (χ1v) is 4.92. The third kappa shape index (κ3) is 4.26. The topological polar surface area (TPSA) is 92.9 Å². The SMILES string of the molecule is NC1CCN(C(=O)COCC(=O)O)CC1. The molecule has 1 rings (SSSR count). The summed E-state index contributed by atoms with van der Waals surface area (Å²) in [5.41, 5.74) is 5.69. The maximum Gasteiger partial charge on any atom is 0.329 e. The Labute approximate surface area is 88.0 Å². The van der Waals surface area contributed by atoms with Crippen LogP contribution in [-0.4, -0.2) is 54.2 Å². The van der Waals surface area contributed by atoms with Crippen LogP contribution in [0.2, 0.25) is 0 Å². The van der Waals surface area contributed by atoms with Crippen LogP contribution in [0.1, 0.15) is 12.8 Å². The summed E-state index contributed by atoms with van der Waals surface area (Å²) in [5, 5.41) is 8.30. The molecule has 6 nitrogen and oxygen atoms in total. The Morgan fingerprint density at radius 1 is 1.33 bits per heavy atom. The number of carbonyl (C=O) groups excluding carboxylic acids is 1. The van der Waals surface area contributed by atoms with Crippen LogP contribution in [0.4, 0.5) is 0 Å². The molecule has 0 aromatic heterocycles. The number of amides is 1. The molecule has 0 spiro atoms. The van der Waals surface area contributed by atoms with Crippen LogP contribution in [0.25, 0.3) is 0 Å². The van der Waals surface area contributed by atoms with Gasteiger partial charge >= 0.3 is 5.97 Å². The molecule has 0 radical (unpaired) electrons. The lowest BCUT2D eigenvalue weighted by atomic mass is 10.1. The van der Waals surface area contributed by atoms with Crippen LogP contribution in [0.3, 0.4) is 0 Å². The van der Waals surface area contributed by atoms with Crippen molar-refractivity contribution in [2.45, 2.75) is 18.9 Å². The predicted molar refractivity (Wildman–Crippen MR) is 52.2 cm³/mol. The largest absolute Gasteiger partial charge is 0.480 e. The number of likely N-dealkylation sites (tertiary alicyclic amines) is 1. The van der Waals surface area contributed by atoms with Gasteiger partial charge in [-0.3, -0.25) is 4.79 Å². The van der Waals surface area contributed by atoms with E-state index in [1.54, 1.807) is 4.90 Å². The lowest BCUT2D eigenvalue weighted by molar-refractivity contribution is -0.146. The quantitative estimate of drug-likeness (QED) is 0.631. The number of piperidine rings is 1. The van der Waals surface area contributed by atoms with Crippen LogP contribution in [0.15, 0.2) is 0 Å². The number of rotatable bonds is 4.